The summed E-state index contributed by atoms with van der Waals surface area (Å²) in [4.78, 5) is 0. The lowest BCUT2D eigenvalue weighted by Crippen LogP contribution is -2.15. The van der Waals surface area contributed by atoms with E-state index in [2.05, 4.69) is 0 Å². The Bertz CT molecular complexity index is 555. The standard InChI is InChI=1S/C26H47NO10/c27-6-7-28-8-9-29-10-11-30-12-13-31-14-15-32-16-17-33-18-19-34-20-21-35-22-23-36-24-25-37-26-4-2-1-3-5-26/h1-5H,6-25,27H2. The van der Waals surface area contributed by atoms with Crippen LogP contribution in [0.5, 0.6) is 5.75 Å². The first-order chi connectivity index (χ1) is 18.4. The quantitative estimate of drug-likeness (QED) is 0.144. The second-order valence-corrected chi connectivity index (χ2v) is 7.46. The van der Waals surface area contributed by atoms with Gasteiger partial charge in [0.15, 0.2) is 0 Å². The van der Waals surface area contributed by atoms with E-state index < -0.39 is 0 Å². The van der Waals surface area contributed by atoms with E-state index in [9.17, 15) is 0 Å². The summed E-state index contributed by atoms with van der Waals surface area (Å²) in [6, 6.07) is 9.67. The number of rotatable bonds is 30. The Morgan fingerprint density at radius 3 is 0.919 bits per heavy atom. The molecule has 0 atom stereocenters. The summed E-state index contributed by atoms with van der Waals surface area (Å²) in [5.74, 6) is 0.846. The van der Waals surface area contributed by atoms with Crippen LogP contribution in [-0.2, 0) is 42.6 Å². The van der Waals surface area contributed by atoms with Crippen LogP contribution in [-0.4, -0.2) is 132 Å². The lowest BCUT2D eigenvalue weighted by molar-refractivity contribution is -0.0252. The third-order valence-electron chi connectivity index (χ3n) is 4.48. The highest BCUT2D eigenvalue weighted by atomic mass is 16.6. The molecule has 0 aliphatic heterocycles. The van der Waals surface area contributed by atoms with Crippen molar-refractivity contribution in [3.8, 4) is 5.75 Å². The first-order valence-corrected chi connectivity index (χ1v) is 13.0. The molecule has 2 N–H and O–H groups in total. The van der Waals surface area contributed by atoms with Crippen molar-refractivity contribution in [1.82, 2.24) is 0 Å². The van der Waals surface area contributed by atoms with Crippen LogP contribution < -0.4 is 10.5 Å². The fraction of sp³-hybridized carbons (Fsp3) is 0.769. The molecule has 1 aromatic rings. The van der Waals surface area contributed by atoms with Gasteiger partial charge in [0.1, 0.15) is 12.4 Å². The molecule has 1 aromatic carbocycles. The van der Waals surface area contributed by atoms with E-state index in [0.29, 0.717) is 132 Å². The Kier molecular flexibility index (Phi) is 26.5. The Labute approximate surface area is 221 Å². The van der Waals surface area contributed by atoms with Crippen LogP contribution in [0.2, 0.25) is 0 Å². The maximum Gasteiger partial charge on any atom is 0.119 e. The predicted octanol–water partition coefficient (Wildman–Crippen LogP) is 1.17. The van der Waals surface area contributed by atoms with Crippen molar-refractivity contribution in [3.63, 3.8) is 0 Å². The SMILES string of the molecule is NCCOCCOCCOCCOCCOCCOCCOCCOCCOCCOc1ccccc1. The van der Waals surface area contributed by atoms with Gasteiger partial charge in [0.2, 0.25) is 0 Å². The van der Waals surface area contributed by atoms with Gasteiger partial charge in [0.05, 0.1) is 119 Å². The molecule has 0 aliphatic rings. The molecule has 0 spiro atoms. The average molecular weight is 534 g/mol. The molecule has 216 valence electrons. The molecule has 0 amide bonds. The van der Waals surface area contributed by atoms with Crippen molar-refractivity contribution >= 4 is 0 Å². The van der Waals surface area contributed by atoms with Crippen LogP contribution >= 0.6 is 0 Å². The molecular formula is C26H47NO10. The molecule has 0 bridgehead atoms. The van der Waals surface area contributed by atoms with Crippen LogP contribution in [0.15, 0.2) is 30.3 Å². The van der Waals surface area contributed by atoms with E-state index in [0.717, 1.165) is 5.75 Å². The van der Waals surface area contributed by atoms with Gasteiger partial charge in [-0.15, -0.1) is 0 Å². The molecule has 1 rings (SSSR count). The first-order valence-electron chi connectivity index (χ1n) is 13.0. The molecule has 0 saturated carbocycles. The summed E-state index contributed by atoms with van der Waals surface area (Å²) in [5.41, 5.74) is 5.32. The minimum Gasteiger partial charge on any atom is -0.491 e. The summed E-state index contributed by atoms with van der Waals surface area (Å²) in [6.45, 7) is 10.6. The molecule has 0 heterocycles. The van der Waals surface area contributed by atoms with Crippen molar-refractivity contribution in [2.24, 2.45) is 5.73 Å². The monoisotopic (exact) mass is 533 g/mol. The van der Waals surface area contributed by atoms with E-state index in [1.807, 2.05) is 30.3 Å². The lowest BCUT2D eigenvalue weighted by Gasteiger charge is -2.09. The van der Waals surface area contributed by atoms with Crippen LogP contribution in [0, 0.1) is 0 Å². The summed E-state index contributed by atoms with van der Waals surface area (Å²) < 4.78 is 54.2. The molecule has 0 unspecified atom stereocenters. The highest BCUT2D eigenvalue weighted by Crippen LogP contribution is 2.07. The molecule has 0 radical (unpaired) electrons. The van der Waals surface area contributed by atoms with Crippen LogP contribution in [0.1, 0.15) is 0 Å². The zero-order chi connectivity index (χ0) is 26.3. The fourth-order valence-electron chi connectivity index (χ4n) is 2.68. The van der Waals surface area contributed by atoms with Gasteiger partial charge in [-0.05, 0) is 12.1 Å². The van der Waals surface area contributed by atoms with E-state index in [1.165, 1.54) is 0 Å². The Morgan fingerprint density at radius 1 is 0.351 bits per heavy atom. The number of hydrogen-bond donors (Lipinski definition) is 1. The third kappa shape index (κ3) is 26.0. The molecule has 37 heavy (non-hydrogen) atoms. The van der Waals surface area contributed by atoms with Gasteiger partial charge in [-0.1, -0.05) is 18.2 Å². The molecule has 0 fully saturated rings. The molecule has 11 nitrogen and oxygen atoms in total. The van der Waals surface area contributed by atoms with Crippen LogP contribution in [0.3, 0.4) is 0 Å². The molecule has 0 aliphatic carbocycles. The van der Waals surface area contributed by atoms with Crippen molar-refractivity contribution in [3.05, 3.63) is 30.3 Å². The lowest BCUT2D eigenvalue weighted by atomic mass is 10.3. The minimum atomic E-state index is 0.519. The van der Waals surface area contributed by atoms with Gasteiger partial charge in [-0.2, -0.15) is 0 Å². The highest BCUT2D eigenvalue weighted by Gasteiger charge is 1.96. The van der Waals surface area contributed by atoms with E-state index in [4.69, 9.17) is 53.1 Å². The normalized spacial score (nSPS) is 11.3. The van der Waals surface area contributed by atoms with Crippen molar-refractivity contribution in [2.75, 3.05) is 132 Å². The first kappa shape index (κ1) is 33.6. The third-order valence-corrected chi connectivity index (χ3v) is 4.48. The van der Waals surface area contributed by atoms with E-state index in [-0.39, 0.29) is 0 Å². The summed E-state index contributed by atoms with van der Waals surface area (Å²) >= 11 is 0. The maximum atomic E-state index is 5.54. The van der Waals surface area contributed by atoms with E-state index in [1.54, 1.807) is 0 Å². The number of ether oxygens (including phenoxy) is 10. The largest absolute Gasteiger partial charge is 0.491 e. The van der Waals surface area contributed by atoms with Gasteiger partial charge >= 0.3 is 0 Å². The summed E-state index contributed by atoms with van der Waals surface area (Å²) in [6.07, 6.45) is 0. The number of benzene rings is 1. The van der Waals surface area contributed by atoms with Gasteiger partial charge in [0, 0.05) is 6.54 Å². The van der Waals surface area contributed by atoms with Gasteiger partial charge in [-0.3, -0.25) is 0 Å². The second kappa shape index (κ2) is 29.2. The van der Waals surface area contributed by atoms with Crippen molar-refractivity contribution < 1.29 is 47.4 Å². The maximum absolute atomic E-state index is 5.54. The minimum absolute atomic E-state index is 0.519. The second-order valence-electron chi connectivity index (χ2n) is 7.46. The topological polar surface area (TPSA) is 118 Å². The molecule has 0 aromatic heterocycles. The Morgan fingerprint density at radius 2 is 0.622 bits per heavy atom. The number of hydrogen-bond acceptors (Lipinski definition) is 11. The predicted molar refractivity (Wildman–Crippen MR) is 138 cm³/mol. The van der Waals surface area contributed by atoms with Crippen molar-refractivity contribution in [2.45, 2.75) is 0 Å². The fourth-order valence-corrected chi connectivity index (χ4v) is 2.68. The number of nitrogens with two attached hydrogens (primary N) is 1. The van der Waals surface area contributed by atoms with Crippen LogP contribution in [0.4, 0.5) is 0 Å². The van der Waals surface area contributed by atoms with Gasteiger partial charge in [-0.25, -0.2) is 0 Å². The van der Waals surface area contributed by atoms with Crippen LogP contribution in [0.25, 0.3) is 0 Å². The average Bonchev–Trinajstić information content (AvgIpc) is 2.93. The zero-order valence-electron chi connectivity index (χ0n) is 22.2. The Hall–Kier alpha value is -1.38. The summed E-state index contributed by atoms with van der Waals surface area (Å²) in [5, 5.41) is 0. The molecule has 11 heteroatoms. The molecular weight excluding hydrogens is 486 g/mol. The Balaban J connectivity index is 1.62. The zero-order valence-corrected chi connectivity index (χ0v) is 22.2. The van der Waals surface area contributed by atoms with Crippen molar-refractivity contribution in [1.29, 1.82) is 0 Å². The van der Waals surface area contributed by atoms with E-state index >= 15 is 0 Å². The highest BCUT2D eigenvalue weighted by molar-refractivity contribution is 5.20. The number of para-hydroxylation sites is 1. The van der Waals surface area contributed by atoms with Gasteiger partial charge < -0.3 is 53.1 Å². The van der Waals surface area contributed by atoms with Gasteiger partial charge in [0.25, 0.3) is 0 Å². The smallest absolute Gasteiger partial charge is 0.119 e. The molecule has 0 saturated heterocycles. The summed E-state index contributed by atoms with van der Waals surface area (Å²) in [7, 11) is 0.